The van der Waals surface area contributed by atoms with E-state index in [0.29, 0.717) is 11.3 Å². The van der Waals surface area contributed by atoms with Gasteiger partial charge in [0, 0.05) is 24.0 Å². The van der Waals surface area contributed by atoms with E-state index in [-0.39, 0.29) is 18.4 Å². The highest BCUT2D eigenvalue weighted by atomic mass is 16.5. The van der Waals surface area contributed by atoms with Crippen molar-refractivity contribution >= 4 is 23.2 Å². The third-order valence-electron chi connectivity index (χ3n) is 3.34. The van der Waals surface area contributed by atoms with Gasteiger partial charge < -0.3 is 15.4 Å². The van der Waals surface area contributed by atoms with Crippen molar-refractivity contribution in [2.75, 3.05) is 24.4 Å². The molecule has 0 fully saturated rings. The summed E-state index contributed by atoms with van der Waals surface area (Å²) in [6, 6.07) is 12.6. The second-order valence-corrected chi connectivity index (χ2v) is 5.33. The summed E-state index contributed by atoms with van der Waals surface area (Å²) in [6.45, 7) is 3.96. The molecular formula is C18H20N2O3. The molecule has 0 bridgehead atoms. The van der Waals surface area contributed by atoms with Crippen LogP contribution in [0, 0.1) is 13.8 Å². The standard InChI is InChI=1S/C18H20N2O3/c1-12-4-9-16(13(2)10-12)20-18(22)14-5-7-15(8-6-14)19-17(21)11-23-3/h4-10H,11H2,1-3H3,(H,19,21)(H,20,22). The van der Waals surface area contributed by atoms with Gasteiger partial charge in [-0.3, -0.25) is 9.59 Å². The van der Waals surface area contributed by atoms with E-state index in [0.717, 1.165) is 16.8 Å². The molecule has 5 heteroatoms. The first kappa shape index (κ1) is 16.7. The van der Waals surface area contributed by atoms with Gasteiger partial charge in [0.2, 0.25) is 5.91 Å². The number of hydrogen-bond donors (Lipinski definition) is 2. The molecule has 2 N–H and O–H groups in total. The van der Waals surface area contributed by atoms with Crippen LogP contribution >= 0.6 is 0 Å². The molecule has 0 aliphatic heterocycles. The lowest BCUT2D eigenvalue weighted by atomic mass is 10.1. The van der Waals surface area contributed by atoms with Gasteiger partial charge in [0.1, 0.15) is 6.61 Å². The van der Waals surface area contributed by atoms with Crippen LogP contribution in [0.15, 0.2) is 42.5 Å². The molecule has 2 rings (SSSR count). The molecule has 5 nitrogen and oxygen atoms in total. The van der Waals surface area contributed by atoms with Crippen LogP contribution in [0.3, 0.4) is 0 Å². The number of carbonyl (C=O) groups is 2. The summed E-state index contributed by atoms with van der Waals surface area (Å²) in [5.74, 6) is -0.424. The summed E-state index contributed by atoms with van der Waals surface area (Å²) < 4.78 is 4.75. The lowest BCUT2D eigenvalue weighted by Gasteiger charge is -2.10. The number of anilines is 2. The number of carbonyl (C=O) groups excluding carboxylic acids is 2. The van der Waals surface area contributed by atoms with Crippen LogP contribution in [0.4, 0.5) is 11.4 Å². The summed E-state index contributed by atoms with van der Waals surface area (Å²) in [5, 5.41) is 5.57. The Morgan fingerprint density at radius 1 is 1.00 bits per heavy atom. The number of methoxy groups -OCH3 is 1. The van der Waals surface area contributed by atoms with Gasteiger partial charge in [-0.05, 0) is 49.7 Å². The van der Waals surface area contributed by atoms with Gasteiger partial charge in [0.15, 0.2) is 0 Å². The predicted octanol–water partition coefficient (Wildman–Crippen LogP) is 3.14. The van der Waals surface area contributed by atoms with Gasteiger partial charge in [0.25, 0.3) is 5.91 Å². The second kappa shape index (κ2) is 7.56. The average Bonchev–Trinajstić information content (AvgIpc) is 2.51. The first-order chi connectivity index (χ1) is 11.0. The fourth-order valence-electron chi connectivity index (χ4n) is 2.18. The fourth-order valence-corrected chi connectivity index (χ4v) is 2.18. The van der Waals surface area contributed by atoms with E-state index < -0.39 is 0 Å². The van der Waals surface area contributed by atoms with Crippen molar-refractivity contribution in [2.45, 2.75) is 13.8 Å². The number of hydrogen-bond acceptors (Lipinski definition) is 3. The van der Waals surface area contributed by atoms with E-state index in [1.54, 1.807) is 24.3 Å². The Morgan fingerprint density at radius 3 is 2.30 bits per heavy atom. The van der Waals surface area contributed by atoms with E-state index in [1.165, 1.54) is 7.11 Å². The molecule has 0 aliphatic rings. The monoisotopic (exact) mass is 312 g/mol. The third kappa shape index (κ3) is 4.66. The summed E-state index contributed by atoms with van der Waals surface area (Å²) in [5.41, 5.74) is 4.10. The molecule has 23 heavy (non-hydrogen) atoms. The number of benzene rings is 2. The fraction of sp³-hybridized carbons (Fsp3) is 0.222. The maximum Gasteiger partial charge on any atom is 0.255 e. The van der Waals surface area contributed by atoms with E-state index in [2.05, 4.69) is 10.6 Å². The second-order valence-electron chi connectivity index (χ2n) is 5.33. The van der Waals surface area contributed by atoms with Crippen molar-refractivity contribution in [3.05, 3.63) is 59.2 Å². The molecule has 0 unspecified atom stereocenters. The first-order valence-electron chi connectivity index (χ1n) is 7.27. The summed E-state index contributed by atoms with van der Waals surface area (Å²) >= 11 is 0. The Kier molecular flexibility index (Phi) is 5.49. The topological polar surface area (TPSA) is 67.4 Å². The van der Waals surface area contributed by atoms with Crippen molar-refractivity contribution in [3.8, 4) is 0 Å². The molecule has 0 saturated carbocycles. The van der Waals surface area contributed by atoms with Gasteiger partial charge in [-0.15, -0.1) is 0 Å². The van der Waals surface area contributed by atoms with Crippen molar-refractivity contribution in [1.82, 2.24) is 0 Å². The molecule has 0 heterocycles. The zero-order valence-electron chi connectivity index (χ0n) is 13.5. The molecule has 0 atom stereocenters. The van der Waals surface area contributed by atoms with E-state index >= 15 is 0 Å². The van der Waals surface area contributed by atoms with Crippen LogP contribution < -0.4 is 10.6 Å². The molecule has 2 aromatic carbocycles. The van der Waals surface area contributed by atoms with Crippen molar-refractivity contribution in [1.29, 1.82) is 0 Å². The van der Waals surface area contributed by atoms with Crippen LogP contribution in [-0.4, -0.2) is 25.5 Å². The molecule has 0 radical (unpaired) electrons. The van der Waals surface area contributed by atoms with Crippen LogP contribution in [0.25, 0.3) is 0 Å². The highest BCUT2D eigenvalue weighted by molar-refractivity contribution is 6.05. The van der Waals surface area contributed by atoms with Gasteiger partial charge in [-0.2, -0.15) is 0 Å². The molecule has 0 saturated heterocycles. The molecule has 0 spiro atoms. The minimum atomic E-state index is -0.236. The lowest BCUT2D eigenvalue weighted by Crippen LogP contribution is -2.17. The highest BCUT2D eigenvalue weighted by Crippen LogP contribution is 2.18. The minimum Gasteiger partial charge on any atom is -0.375 e. The normalized spacial score (nSPS) is 10.2. The van der Waals surface area contributed by atoms with E-state index in [4.69, 9.17) is 4.74 Å². The van der Waals surface area contributed by atoms with E-state index in [9.17, 15) is 9.59 Å². The zero-order valence-corrected chi connectivity index (χ0v) is 13.5. The maximum absolute atomic E-state index is 12.3. The number of aryl methyl sites for hydroxylation is 2. The van der Waals surface area contributed by atoms with Crippen LogP contribution in [0.2, 0.25) is 0 Å². The zero-order chi connectivity index (χ0) is 16.8. The summed E-state index contributed by atoms with van der Waals surface area (Å²) in [6.07, 6.45) is 0. The van der Waals surface area contributed by atoms with Gasteiger partial charge in [-0.25, -0.2) is 0 Å². The van der Waals surface area contributed by atoms with Crippen molar-refractivity contribution < 1.29 is 14.3 Å². The number of rotatable bonds is 5. The number of ether oxygens (including phenoxy) is 1. The smallest absolute Gasteiger partial charge is 0.255 e. The Hall–Kier alpha value is -2.66. The van der Waals surface area contributed by atoms with E-state index in [1.807, 2.05) is 32.0 Å². The van der Waals surface area contributed by atoms with Crippen LogP contribution in [-0.2, 0) is 9.53 Å². The first-order valence-corrected chi connectivity index (χ1v) is 7.27. The number of nitrogens with one attached hydrogen (secondary N) is 2. The molecule has 0 aromatic heterocycles. The Morgan fingerprint density at radius 2 is 1.70 bits per heavy atom. The molecule has 2 amide bonds. The Bertz CT molecular complexity index is 709. The SMILES string of the molecule is COCC(=O)Nc1ccc(C(=O)Nc2ccc(C)cc2C)cc1. The quantitative estimate of drug-likeness (QED) is 0.891. The predicted molar refractivity (Wildman–Crippen MR) is 90.8 cm³/mol. The summed E-state index contributed by atoms with van der Waals surface area (Å²) in [7, 11) is 1.46. The third-order valence-corrected chi connectivity index (χ3v) is 3.34. The van der Waals surface area contributed by atoms with Gasteiger partial charge in [-0.1, -0.05) is 17.7 Å². The van der Waals surface area contributed by atoms with Crippen molar-refractivity contribution in [3.63, 3.8) is 0 Å². The Labute approximate surface area is 135 Å². The van der Waals surface area contributed by atoms with Gasteiger partial charge >= 0.3 is 0 Å². The number of amides is 2. The lowest BCUT2D eigenvalue weighted by molar-refractivity contribution is -0.119. The average molecular weight is 312 g/mol. The molecule has 120 valence electrons. The van der Waals surface area contributed by atoms with Crippen LogP contribution in [0.5, 0.6) is 0 Å². The highest BCUT2D eigenvalue weighted by Gasteiger charge is 2.08. The molecule has 0 aliphatic carbocycles. The summed E-state index contributed by atoms with van der Waals surface area (Å²) in [4.78, 5) is 23.7. The molecule has 2 aromatic rings. The Balaban J connectivity index is 2.04. The van der Waals surface area contributed by atoms with Gasteiger partial charge in [0.05, 0.1) is 0 Å². The largest absolute Gasteiger partial charge is 0.375 e. The minimum absolute atomic E-state index is 0.00502. The van der Waals surface area contributed by atoms with Crippen LogP contribution in [0.1, 0.15) is 21.5 Å². The molecular weight excluding hydrogens is 292 g/mol. The van der Waals surface area contributed by atoms with Crippen molar-refractivity contribution in [2.24, 2.45) is 0 Å². The maximum atomic E-state index is 12.3.